The van der Waals surface area contributed by atoms with Gasteiger partial charge in [-0.15, -0.1) is 0 Å². The zero-order valence-corrected chi connectivity index (χ0v) is 16.6. The monoisotopic (exact) mass is 402 g/mol. The SMILES string of the molecule is CO/N=C(\N)c1ccc(OCCCCCOc2ccc(/C(N)=N/OC)cn2)nc1. The molecule has 0 atom stereocenters. The molecule has 0 saturated heterocycles. The Kier molecular flexibility index (Phi) is 9.00. The Morgan fingerprint density at radius 1 is 0.759 bits per heavy atom. The molecule has 10 nitrogen and oxygen atoms in total. The number of unbranched alkanes of at least 4 members (excludes halogenated alkanes) is 2. The molecule has 0 spiro atoms. The van der Waals surface area contributed by atoms with Crippen LogP contribution >= 0.6 is 0 Å². The first kappa shape index (κ1) is 21.7. The first-order valence-electron chi connectivity index (χ1n) is 9.05. The molecule has 0 radical (unpaired) electrons. The van der Waals surface area contributed by atoms with Crippen molar-refractivity contribution in [2.24, 2.45) is 21.8 Å². The molecule has 4 N–H and O–H groups in total. The van der Waals surface area contributed by atoms with E-state index >= 15 is 0 Å². The van der Waals surface area contributed by atoms with Crippen molar-refractivity contribution >= 4 is 11.7 Å². The van der Waals surface area contributed by atoms with Crippen molar-refractivity contribution in [3.63, 3.8) is 0 Å². The van der Waals surface area contributed by atoms with Gasteiger partial charge in [-0.25, -0.2) is 9.97 Å². The first-order valence-corrected chi connectivity index (χ1v) is 9.05. The average Bonchev–Trinajstić information content (AvgIpc) is 2.74. The van der Waals surface area contributed by atoms with E-state index in [1.165, 1.54) is 14.2 Å². The third kappa shape index (κ3) is 7.53. The predicted molar refractivity (Wildman–Crippen MR) is 109 cm³/mol. The van der Waals surface area contributed by atoms with E-state index in [0.29, 0.717) is 36.1 Å². The lowest BCUT2D eigenvalue weighted by molar-refractivity contribution is 0.213. The summed E-state index contributed by atoms with van der Waals surface area (Å²) in [5, 5.41) is 7.30. The number of ether oxygens (including phenoxy) is 2. The van der Waals surface area contributed by atoms with Crippen LogP contribution in [-0.2, 0) is 9.68 Å². The van der Waals surface area contributed by atoms with Crippen LogP contribution in [0, 0.1) is 0 Å². The normalized spacial score (nSPS) is 11.8. The molecule has 0 unspecified atom stereocenters. The predicted octanol–water partition coefficient (Wildman–Crippen LogP) is 1.64. The summed E-state index contributed by atoms with van der Waals surface area (Å²) >= 11 is 0. The Bertz CT molecular complexity index is 726. The van der Waals surface area contributed by atoms with E-state index in [1.54, 1.807) is 36.7 Å². The summed E-state index contributed by atoms with van der Waals surface area (Å²) in [5.74, 6) is 1.61. The molecule has 0 saturated carbocycles. The Morgan fingerprint density at radius 2 is 1.21 bits per heavy atom. The minimum absolute atomic E-state index is 0.266. The van der Waals surface area contributed by atoms with Gasteiger partial charge in [-0.1, -0.05) is 10.3 Å². The van der Waals surface area contributed by atoms with E-state index in [9.17, 15) is 0 Å². The van der Waals surface area contributed by atoms with Crippen molar-refractivity contribution in [3.8, 4) is 11.8 Å². The minimum atomic E-state index is 0.266. The number of nitrogens with two attached hydrogens (primary N) is 2. The van der Waals surface area contributed by atoms with E-state index in [2.05, 4.69) is 30.0 Å². The molecule has 0 aromatic carbocycles. The fourth-order valence-corrected chi connectivity index (χ4v) is 2.27. The van der Waals surface area contributed by atoms with E-state index in [4.69, 9.17) is 20.9 Å². The lowest BCUT2D eigenvalue weighted by Crippen LogP contribution is -2.14. The number of nitrogens with zero attached hydrogens (tertiary/aromatic N) is 4. The van der Waals surface area contributed by atoms with Crippen LogP contribution in [0.3, 0.4) is 0 Å². The molecule has 10 heteroatoms. The Balaban J connectivity index is 1.60. The van der Waals surface area contributed by atoms with E-state index in [0.717, 1.165) is 19.3 Å². The highest BCUT2D eigenvalue weighted by atomic mass is 16.6. The lowest BCUT2D eigenvalue weighted by Gasteiger charge is -2.07. The zero-order chi connectivity index (χ0) is 20.9. The van der Waals surface area contributed by atoms with Gasteiger partial charge in [0.2, 0.25) is 11.8 Å². The molecule has 0 aliphatic carbocycles. The van der Waals surface area contributed by atoms with Crippen molar-refractivity contribution in [1.29, 1.82) is 0 Å². The Morgan fingerprint density at radius 3 is 1.55 bits per heavy atom. The number of rotatable bonds is 12. The molecule has 0 aliphatic rings. The van der Waals surface area contributed by atoms with Crippen molar-refractivity contribution in [3.05, 3.63) is 47.8 Å². The molecular formula is C19H26N6O4. The van der Waals surface area contributed by atoms with Crippen molar-refractivity contribution in [1.82, 2.24) is 9.97 Å². The number of oxime groups is 2. The summed E-state index contributed by atoms with van der Waals surface area (Å²) < 4.78 is 11.2. The first-order chi connectivity index (χ1) is 14.1. The summed E-state index contributed by atoms with van der Waals surface area (Å²) in [6.07, 6.45) is 5.91. The number of amidine groups is 2. The van der Waals surface area contributed by atoms with Gasteiger partial charge in [0, 0.05) is 35.7 Å². The number of pyridine rings is 2. The van der Waals surface area contributed by atoms with Crippen LogP contribution in [0.2, 0.25) is 0 Å². The smallest absolute Gasteiger partial charge is 0.213 e. The maximum atomic E-state index is 5.71. The van der Waals surface area contributed by atoms with Crippen molar-refractivity contribution < 1.29 is 19.1 Å². The van der Waals surface area contributed by atoms with Crippen molar-refractivity contribution in [2.75, 3.05) is 27.4 Å². The van der Waals surface area contributed by atoms with Crippen LogP contribution in [0.5, 0.6) is 11.8 Å². The van der Waals surface area contributed by atoms with E-state index in [-0.39, 0.29) is 11.7 Å². The second kappa shape index (κ2) is 12.0. The van der Waals surface area contributed by atoms with Gasteiger partial charge in [-0.05, 0) is 31.4 Å². The fourth-order valence-electron chi connectivity index (χ4n) is 2.27. The highest BCUT2D eigenvalue weighted by Gasteiger charge is 2.03. The van der Waals surface area contributed by atoms with Gasteiger partial charge in [0.15, 0.2) is 11.7 Å². The third-order valence-corrected chi connectivity index (χ3v) is 3.73. The number of hydrogen-bond acceptors (Lipinski definition) is 8. The molecule has 2 heterocycles. The van der Waals surface area contributed by atoms with Gasteiger partial charge < -0.3 is 30.6 Å². The van der Waals surface area contributed by atoms with Gasteiger partial charge >= 0.3 is 0 Å². The van der Waals surface area contributed by atoms with Crippen molar-refractivity contribution in [2.45, 2.75) is 19.3 Å². The molecule has 0 bridgehead atoms. The van der Waals surface area contributed by atoms with E-state index in [1.807, 2.05) is 0 Å². The van der Waals surface area contributed by atoms with Crippen LogP contribution in [0.15, 0.2) is 47.0 Å². The molecule has 0 fully saturated rings. The zero-order valence-electron chi connectivity index (χ0n) is 16.6. The topological polar surface area (TPSA) is 139 Å². The average molecular weight is 402 g/mol. The van der Waals surface area contributed by atoms with Crippen LogP contribution in [0.1, 0.15) is 30.4 Å². The summed E-state index contributed by atoms with van der Waals surface area (Å²) in [4.78, 5) is 17.6. The molecule has 0 aliphatic heterocycles. The summed E-state index contributed by atoms with van der Waals surface area (Å²) in [6, 6.07) is 7.05. The molecule has 2 aromatic heterocycles. The maximum Gasteiger partial charge on any atom is 0.213 e. The third-order valence-electron chi connectivity index (χ3n) is 3.73. The Labute approximate surface area is 169 Å². The largest absolute Gasteiger partial charge is 0.478 e. The van der Waals surface area contributed by atoms with Crippen LogP contribution in [0.25, 0.3) is 0 Å². The van der Waals surface area contributed by atoms with Gasteiger partial charge in [0.05, 0.1) is 13.2 Å². The molecular weight excluding hydrogens is 376 g/mol. The van der Waals surface area contributed by atoms with Gasteiger partial charge in [0.25, 0.3) is 0 Å². The number of aromatic nitrogens is 2. The lowest BCUT2D eigenvalue weighted by atomic mass is 10.2. The summed E-state index contributed by atoms with van der Waals surface area (Å²) in [7, 11) is 2.87. The quantitative estimate of drug-likeness (QED) is 0.236. The highest BCUT2D eigenvalue weighted by molar-refractivity contribution is 5.97. The minimum Gasteiger partial charge on any atom is -0.478 e. The molecule has 2 rings (SSSR count). The fraction of sp³-hybridized carbons (Fsp3) is 0.368. The second-order valence-electron chi connectivity index (χ2n) is 5.85. The standard InChI is InChI=1S/C19H26N6O4/c1-26-24-18(20)14-6-8-16(22-12-14)28-10-4-3-5-11-29-17-9-7-15(13-23-17)19(21)25-27-2/h6-9,12-13H,3-5,10-11H2,1-2H3,(H2,20,24)(H2,21,25). The molecule has 2 aromatic rings. The number of hydrogen-bond donors (Lipinski definition) is 2. The maximum absolute atomic E-state index is 5.71. The van der Waals surface area contributed by atoms with Crippen LogP contribution in [-0.4, -0.2) is 49.1 Å². The Hall–Kier alpha value is -3.56. The van der Waals surface area contributed by atoms with Crippen LogP contribution < -0.4 is 20.9 Å². The van der Waals surface area contributed by atoms with E-state index < -0.39 is 0 Å². The van der Waals surface area contributed by atoms with Gasteiger partial charge in [-0.2, -0.15) is 0 Å². The summed E-state index contributed by atoms with van der Waals surface area (Å²) in [5.41, 5.74) is 12.8. The summed E-state index contributed by atoms with van der Waals surface area (Å²) in [6.45, 7) is 1.14. The van der Waals surface area contributed by atoms with Crippen LogP contribution in [0.4, 0.5) is 0 Å². The highest BCUT2D eigenvalue weighted by Crippen LogP contribution is 2.10. The van der Waals surface area contributed by atoms with Gasteiger partial charge in [-0.3, -0.25) is 0 Å². The molecule has 156 valence electrons. The van der Waals surface area contributed by atoms with Gasteiger partial charge in [0.1, 0.15) is 14.2 Å². The molecule has 29 heavy (non-hydrogen) atoms. The second-order valence-corrected chi connectivity index (χ2v) is 5.85. The molecule has 0 amide bonds.